The molecule has 0 nitrogen and oxygen atoms in total. The first-order valence-corrected chi connectivity index (χ1v) is 9.06. The molecule has 118 valence electrons. The molecule has 0 unspecified atom stereocenters. The molecule has 0 aliphatic heterocycles. The molecule has 0 amide bonds. The Balaban J connectivity index is -0.00000162. The Kier molecular flexibility index (Phi) is 35.0. The van der Waals surface area contributed by atoms with Crippen molar-refractivity contribution in [3.05, 3.63) is 12.2 Å². The molecule has 0 aromatic heterocycles. The summed E-state index contributed by atoms with van der Waals surface area (Å²) in [6.45, 7) is 4.57. The van der Waals surface area contributed by atoms with Crippen LogP contribution >= 0.6 is 0 Å². The Morgan fingerprint density at radius 3 is 1.05 bits per heavy atom. The van der Waals surface area contributed by atoms with Crippen LogP contribution < -0.4 is 0 Å². The van der Waals surface area contributed by atoms with Crippen molar-refractivity contribution in [3.63, 3.8) is 0 Å². The van der Waals surface area contributed by atoms with Crippen LogP contribution in [0.1, 0.15) is 110 Å². The molecule has 0 spiro atoms. The van der Waals surface area contributed by atoms with Gasteiger partial charge >= 0.3 is 59.1 Å². The summed E-state index contributed by atoms with van der Waals surface area (Å²) in [6, 6.07) is 0. The summed E-state index contributed by atoms with van der Waals surface area (Å²) in [5.41, 5.74) is 0. The molecule has 0 atom stereocenters. The van der Waals surface area contributed by atoms with Crippen LogP contribution in [0.3, 0.4) is 0 Å². The van der Waals surface area contributed by atoms with Gasteiger partial charge in [-0.15, -0.1) is 0 Å². The summed E-state index contributed by atoms with van der Waals surface area (Å²) < 4.78 is 0. The first-order chi connectivity index (χ1) is 9.41. The van der Waals surface area contributed by atoms with Gasteiger partial charge in [-0.1, -0.05) is 96.6 Å². The summed E-state index contributed by atoms with van der Waals surface area (Å²) in [7, 11) is 0. The van der Waals surface area contributed by atoms with Gasteiger partial charge in [-0.25, -0.2) is 0 Å². The van der Waals surface area contributed by atoms with Gasteiger partial charge in [0.1, 0.15) is 0 Å². The topological polar surface area (TPSA) is 0 Å². The third-order valence-electron chi connectivity index (χ3n) is 3.87. The minimum atomic E-state index is 0. The van der Waals surface area contributed by atoms with E-state index in [0.29, 0.717) is 0 Å². The van der Waals surface area contributed by atoms with Crippen LogP contribution in [0.4, 0.5) is 0 Å². The molecule has 0 aliphatic carbocycles. The predicted molar refractivity (Wildman–Crippen MR) is 104 cm³/mol. The van der Waals surface area contributed by atoms with Crippen molar-refractivity contribution >= 4 is 59.1 Å². The summed E-state index contributed by atoms with van der Waals surface area (Å²) in [5, 5.41) is 0. The second-order valence-corrected chi connectivity index (χ2v) is 5.94. The Morgan fingerprint density at radius 2 is 0.714 bits per heavy atom. The van der Waals surface area contributed by atoms with E-state index in [-0.39, 0.29) is 59.1 Å². The van der Waals surface area contributed by atoms with Crippen LogP contribution in [0.15, 0.2) is 12.2 Å². The molecular formula is C19H40Na2. The van der Waals surface area contributed by atoms with E-state index < -0.39 is 0 Å². The summed E-state index contributed by atoms with van der Waals surface area (Å²) in [6.07, 6.45) is 25.9. The maximum atomic E-state index is 2.41. The minimum absolute atomic E-state index is 0. The fourth-order valence-corrected chi connectivity index (χ4v) is 2.50. The van der Waals surface area contributed by atoms with Crippen molar-refractivity contribution in [2.24, 2.45) is 0 Å². The van der Waals surface area contributed by atoms with Crippen LogP contribution in [0.25, 0.3) is 0 Å². The van der Waals surface area contributed by atoms with Crippen LogP contribution in [-0.4, -0.2) is 59.1 Å². The summed E-state index contributed by atoms with van der Waals surface area (Å²) >= 11 is 0. The Morgan fingerprint density at radius 1 is 0.429 bits per heavy atom. The fourth-order valence-electron chi connectivity index (χ4n) is 2.50. The van der Waals surface area contributed by atoms with Crippen molar-refractivity contribution in [2.75, 3.05) is 0 Å². The van der Waals surface area contributed by atoms with Gasteiger partial charge in [0.2, 0.25) is 0 Å². The molecule has 0 bridgehead atoms. The molecule has 0 radical (unpaired) electrons. The number of hydrogen-bond acceptors (Lipinski definition) is 0. The second-order valence-electron chi connectivity index (χ2n) is 5.94. The average Bonchev–Trinajstić information content (AvgIpc) is 2.43. The van der Waals surface area contributed by atoms with E-state index in [1.165, 1.54) is 96.3 Å². The van der Waals surface area contributed by atoms with Crippen LogP contribution in [0, 0.1) is 0 Å². The average molecular weight is 315 g/mol. The van der Waals surface area contributed by atoms with Gasteiger partial charge in [-0.2, -0.15) is 0 Å². The third kappa shape index (κ3) is 26.9. The van der Waals surface area contributed by atoms with Gasteiger partial charge in [0.25, 0.3) is 0 Å². The molecular weight excluding hydrogens is 274 g/mol. The van der Waals surface area contributed by atoms with E-state index in [1.54, 1.807) is 0 Å². The first-order valence-electron chi connectivity index (χ1n) is 9.06. The molecule has 0 aromatic carbocycles. The van der Waals surface area contributed by atoms with Crippen molar-refractivity contribution in [2.45, 2.75) is 110 Å². The predicted octanol–water partition coefficient (Wildman–Crippen LogP) is 6.14. The molecule has 2 heteroatoms. The summed E-state index contributed by atoms with van der Waals surface area (Å²) in [4.78, 5) is 0. The number of hydrogen-bond donors (Lipinski definition) is 0. The Labute approximate surface area is 179 Å². The van der Waals surface area contributed by atoms with Gasteiger partial charge in [0, 0.05) is 0 Å². The monoisotopic (exact) mass is 314 g/mol. The molecule has 0 saturated carbocycles. The van der Waals surface area contributed by atoms with E-state index in [2.05, 4.69) is 26.0 Å². The third-order valence-corrected chi connectivity index (χ3v) is 3.87. The quantitative estimate of drug-likeness (QED) is 0.193. The zero-order valence-corrected chi connectivity index (χ0v) is 13.8. The Hall–Kier alpha value is 1.74. The molecule has 0 fully saturated rings. The molecule has 21 heavy (non-hydrogen) atoms. The van der Waals surface area contributed by atoms with Crippen molar-refractivity contribution < 1.29 is 0 Å². The zero-order valence-electron chi connectivity index (χ0n) is 13.8. The van der Waals surface area contributed by atoms with Crippen molar-refractivity contribution in [1.29, 1.82) is 0 Å². The molecule has 0 rings (SSSR count). The van der Waals surface area contributed by atoms with E-state index in [1.807, 2.05) is 0 Å². The Bertz CT molecular complexity index is 178. The molecule has 0 aromatic rings. The number of rotatable bonds is 15. The molecule has 0 aliphatic rings. The van der Waals surface area contributed by atoms with E-state index in [9.17, 15) is 0 Å². The van der Waals surface area contributed by atoms with Crippen LogP contribution in [0.5, 0.6) is 0 Å². The van der Waals surface area contributed by atoms with Gasteiger partial charge in [-0.05, 0) is 25.7 Å². The normalized spacial score (nSPS) is 10.4. The van der Waals surface area contributed by atoms with Crippen LogP contribution in [-0.2, 0) is 0 Å². The van der Waals surface area contributed by atoms with Gasteiger partial charge in [0.15, 0.2) is 0 Å². The second kappa shape index (κ2) is 26.6. The molecule has 0 N–H and O–H groups in total. The standard InChI is InChI=1S/C19H38.2Na.2H/c1-3-5-7-9-11-13-15-17-19-18-16-14-12-10-8-6-4-2;;;;/h17,19H,3-16,18H2,1-2H3;;;;/b19-17-;;;;. The van der Waals surface area contributed by atoms with Crippen molar-refractivity contribution in [3.8, 4) is 0 Å². The van der Waals surface area contributed by atoms with E-state index in [0.717, 1.165) is 0 Å². The molecule has 0 heterocycles. The van der Waals surface area contributed by atoms with Gasteiger partial charge < -0.3 is 0 Å². The maximum absolute atomic E-state index is 2.41. The van der Waals surface area contributed by atoms with Crippen molar-refractivity contribution in [1.82, 2.24) is 0 Å². The zero-order chi connectivity index (χ0) is 14.0. The van der Waals surface area contributed by atoms with Crippen LogP contribution in [0.2, 0.25) is 0 Å². The molecule has 0 saturated heterocycles. The van der Waals surface area contributed by atoms with Gasteiger partial charge in [0.05, 0.1) is 0 Å². The SMILES string of the molecule is CCCCCCCC/C=C\CCCCCCCCC.[NaH].[NaH]. The fraction of sp³-hybridized carbons (Fsp3) is 0.895. The number of unbranched alkanes of at least 4 members (excludes halogenated alkanes) is 13. The first kappa shape index (κ1) is 27.6. The van der Waals surface area contributed by atoms with Gasteiger partial charge in [-0.3, -0.25) is 0 Å². The van der Waals surface area contributed by atoms with E-state index in [4.69, 9.17) is 0 Å². The number of allylic oxidation sites excluding steroid dienone is 2. The van der Waals surface area contributed by atoms with E-state index >= 15 is 0 Å². The summed E-state index contributed by atoms with van der Waals surface area (Å²) in [5.74, 6) is 0.